The average Bonchev–Trinajstić information content (AvgIpc) is 2.52. The molecule has 2 heteroatoms. The number of hydrogen-bond acceptors (Lipinski definition) is 1. The van der Waals surface area contributed by atoms with Gasteiger partial charge in [-0.1, -0.05) is 26.0 Å². The number of rotatable bonds is 4. The molecule has 0 N–H and O–H groups in total. The van der Waals surface area contributed by atoms with Crippen molar-refractivity contribution >= 4 is 27.3 Å². The summed E-state index contributed by atoms with van der Waals surface area (Å²) in [6, 6.07) is 4.33. The Hall–Kier alpha value is -0.0800. The van der Waals surface area contributed by atoms with Gasteiger partial charge in [0.15, 0.2) is 0 Å². The molecule has 1 aromatic heterocycles. The lowest BCUT2D eigenvalue weighted by molar-refractivity contribution is 0.795. The predicted molar refractivity (Wildman–Crippen MR) is 64.5 cm³/mol. The Bertz CT molecular complexity index is 275. The van der Waals surface area contributed by atoms with E-state index in [9.17, 15) is 0 Å². The van der Waals surface area contributed by atoms with Gasteiger partial charge in [-0.25, -0.2) is 0 Å². The van der Waals surface area contributed by atoms with Crippen molar-refractivity contribution in [3.8, 4) is 0 Å². The zero-order valence-electron chi connectivity index (χ0n) is 8.09. The Labute approximate surface area is 92.8 Å². The van der Waals surface area contributed by atoms with Crippen molar-refractivity contribution < 1.29 is 0 Å². The summed E-state index contributed by atoms with van der Waals surface area (Å²) in [5.74, 6) is 0.652. The lowest BCUT2D eigenvalue weighted by Gasteiger charge is -2.04. The fraction of sp³-hybridized carbons (Fsp3) is 0.455. The average molecular weight is 259 g/mol. The van der Waals surface area contributed by atoms with Crippen LogP contribution in [0.2, 0.25) is 0 Å². The van der Waals surface area contributed by atoms with Crippen molar-refractivity contribution in [3.05, 3.63) is 32.9 Å². The lowest BCUT2D eigenvalue weighted by Crippen LogP contribution is -1.86. The zero-order valence-corrected chi connectivity index (χ0v) is 10.5. The van der Waals surface area contributed by atoms with Gasteiger partial charge in [-0.3, -0.25) is 0 Å². The molecule has 0 nitrogen and oxygen atoms in total. The molecule has 72 valence electrons. The van der Waals surface area contributed by atoms with Crippen LogP contribution >= 0.6 is 27.3 Å². The van der Waals surface area contributed by atoms with Crippen LogP contribution in [-0.4, -0.2) is 0 Å². The van der Waals surface area contributed by atoms with E-state index in [0.29, 0.717) is 5.92 Å². The van der Waals surface area contributed by atoms with Gasteiger partial charge in [-0.2, -0.15) is 0 Å². The SMILES string of the molecule is CC/C=C\CC(C)c1ccc(Br)s1. The van der Waals surface area contributed by atoms with E-state index in [-0.39, 0.29) is 0 Å². The minimum atomic E-state index is 0.652. The van der Waals surface area contributed by atoms with Crippen LogP contribution in [0.25, 0.3) is 0 Å². The van der Waals surface area contributed by atoms with Gasteiger partial charge in [-0.05, 0) is 46.8 Å². The molecule has 0 aliphatic carbocycles. The van der Waals surface area contributed by atoms with Crippen LogP contribution in [0.4, 0.5) is 0 Å². The molecule has 0 aromatic carbocycles. The van der Waals surface area contributed by atoms with Crippen LogP contribution in [0.15, 0.2) is 28.1 Å². The van der Waals surface area contributed by atoms with Gasteiger partial charge in [0.05, 0.1) is 3.79 Å². The van der Waals surface area contributed by atoms with Crippen LogP contribution in [0.1, 0.15) is 37.5 Å². The Balaban J connectivity index is 2.48. The van der Waals surface area contributed by atoms with E-state index >= 15 is 0 Å². The van der Waals surface area contributed by atoms with E-state index in [4.69, 9.17) is 0 Å². The molecule has 0 saturated carbocycles. The van der Waals surface area contributed by atoms with Gasteiger partial charge < -0.3 is 0 Å². The monoisotopic (exact) mass is 258 g/mol. The van der Waals surface area contributed by atoms with Crippen molar-refractivity contribution in [3.63, 3.8) is 0 Å². The number of thiophene rings is 1. The second-order valence-electron chi connectivity index (χ2n) is 3.16. The smallest absolute Gasteiger partial charge is 0.0701 e. The normalized spacial score (nSPS) is 13.8. The highest BCUT2D eigenvalue weighted by atomic mass is 79.9. The molecule has 1 atom stereocenters. The van der Waals surface area contributed by atoms with E-state index in [2.05, 4.69) is 54.1 Å². The molecule has 0 aliphatic heterocycles. The predicted octanol–water partition coefficient (Wildman–Crippen LogP) is 4.97. The van der Waals surface area contributed by atoms with Crippen LogP contribution in [-0.2, 0) is 0 Å². The molecule has 1 rings (SSSR count). The van der Waals surface area contributed by atoms with Crippen molar-refractivity contribution in [2.75, 3.05) is 0 Å². The number of halogens is 1. The first-order valence-corrected chi connectivity index (χ1v) is 6.25. The highest BCUT2D eigenvalue weighted by Gasteiger charge is 2.05. The molecule has 0 spiro atoms. The standard InChI is InChI=1S/C11H15BrS/c1-3-4-5-6-9(2)10-7-8-11(12)13-10/h4-5,7-9H,3,6H2,1-2H3/b5-4-. The van der Waals surface area contributed by atoms with E-state index in [0.717, 1.165) is 12.8 Å². The Kier molecular flexibility index (Phi) is 4.74. The van der Waals surface area contributed by atoms with Gasteiger partial charge in [0.25, 0.3) is 0 Å². The molecule has 1 unspecified atom stereocenters. The summed E-state index contributed by atoms with van der Waals surface area (Å²) in [7, 11) is 0. The van der Waals surface area contributed by atoms with Crippen molar-refractivity contribution in [1.29, 1.82) is 0 Å². The fourth-order valence-corrected chi connectivity index (χ4v) is 2.66. The molecule has 1 heterocycles. The van der Waals surface area contributed by atoms with Gasteiger partial charge in [0.2, 0.25) is 0 Å². The Morgan fingerprint density at radius 2 is 2.23 bits per heavy atom. The van der Waals surface area contributed by atoms with E-state index in [1.807, 2.05) is 11.3 Å². The van der Waals surface area contributed by atoms with Gasteiger partial charge in [-0.15, -0.1) is 11.3 Å². The zero-order chi connectivity index (χ0) is 9.68. The molecule has 13 heavy (non-hydrogen) atoms. The molecule has 0 fully saturated rings. The largest absolute Gasteiger partial charge is 0.133 e. The summed E-state index contributed by atoms with van der Waals surface area (Å²) in [4.78, 5) is 1.47. The summed E-state index contributed by atoms with van der Waals surface area (Å²) >= 11 is 5.32. The minimum absolute atomic E-state index is 0.652. The van der Waals surface area contributed by atoms with Crippen LogP contribution in [0, 0.1) is 0 Å². The van der Waals surface area contributed by atoms with Crippen LogP contribution in [0.5, 0.6) is 0 Å². The first-order chi connectivity index (χ1) is 6.24. The molecular weight excluding hydrogens is 244 g/mol. The lowest BCUT2D eigenvalue weighted by atomic mass is 10.1. The van der Waals surface area contributed by atoms with Gasteiger partial charge in [0, 0.05) is 4.88 Å². The Morgan fingerprint density at radius 3 is 2.77 bits per heavy atom. The van der Waals surface area contributed by atoms with Crippen molar-refractivity contribution in [2.24, 2.45) is 0 Å². The second-order valence-corrected chi connectivity index (χ2v) is 5.65. The third-order valence-electron chi connectivity index (χ3n) is 1.97. The quantitative estimate of drug-likeness (QED) is 0.669. The third-order valence-corrected chi connectivity index (χ3v) is 3.83. The molecular formula is C11H15BrS. The van der Waals surface area contributed by atoms with Crippen LogP contribution in [0.3, 0.4) is 0 Å². The molecule has 0 bridgehead atoms. The van der Waals surface area contributed by atoms with Gasteiger partial charge >= 0.3 is 0 Å². The summed E-state index contributed by atoms with van der Waals surface area (Å²) in [5.41, 5.74) is 0. The first-order valence-electron chi connectivity index (χ1n) is 4.64. The summed E-state index contributed by atoms with van der Waals surface area (Å²) < 4.78 is 1.23. The van der Waals surface area contributed by atoms with Crippen LogP contribution < -0.4 is 0 Å². The molecule has 0 saturated heterocycles. The minimum Gasteiger partial charge on any atom is -0.133 e. The number of hydrogen-bond donors (Lipinski definition) is 0. The summed E-state index contributed by atoms with van der Waals surface area (Å²) in [5, 5.41) is 0. The van der Waals surface area contributed by atoms with Crippen molar-refractivity contribution in [1.82, 2.24) is 0 Å². The van der Waals surface area contributed by atoms with E-state index in [1.165, 1.54) is 8.66 Å². The number of allylic oxidation sites excluding steroid dienone is 2. The Morgan fingerprint density at radius 1 is 1.46 bits per heavy atom. The summed E-state index contributed by atoms with van der Waals surface area (Å²) in [6.07, 6.45) is 6.80. The summed E-state index contributed by atoms with van der Waals surface area (Å²) in [6.45, 7) is 4.45. The van der Waals surface area contributed by atoms with E-state index < -0.39 is 0 Å². The van der Waals surface area contributed by atoms with Gasteiger partial charge in [0.1, 0.15) is 0 Å². The maximum absolute atomic E-state index is 3.48. The highest BCUT2D eigenvalue weighted by Crippen LogP contribution is 2.30. The van der Waals surface area contributed by atoms with Crippen molar-refractivity contribution in [2.45, 2.75) is 32.6 Å². The topological polar surface area (TPSA) is 0 Å². The first kappa shape index (κ1) is 11.0. The molecule has 0 aliphatic rings. The second kappa shape index (κ2) is 5.61. The third kappa shape index (κ3) is 3.65. The highest BCUT2D eigenvalue weighted by molar-refractivity contribution is 9.11. The molecule has 0 radical (unpaired) electrons. The molecule has 1 aromatic rings. The van der Waals surface area contributed by atoms with E-state index in [1.54, 1.807) is 0 Å². The molecule has 0 amide bonds. The maximum Gasteiger partial charge on any atom is 0.0701 e. The maximum atomic E-state index is 3.48. The fourth-order valence-electron chi connectivity index (χ4n) is 1.18.